The van der Waals surface area contributed by atoms with Crippen LogP contribution in [0, 0.1) is 0 Å². The van der Waals surface area contributed by atoms with Gasteiger partial charge in [0.1, 0.15) is 5.82 Å². The first-order chi connectivity index (χ1) is 10.1. The first-order valence-corrected chi connectivity index (χ1v) is 7.20. The molecule has 0 saturated heterocycles. The summed E-state index contributed by atoms with van der Waals surface area (Å²) in [6.45, 7) is 5.75. The molecule has 0 unspecified atom stereocenters. The van der Waals surface area contributed by atoms with Crippen LogP contribution in [0.4, 0.5) is 5.69 Å². The van der Waals surface area contributed by atoms with Gasteiger partial charge in [0.15, 0.2) is 0 Å². The number of amides is 1. The molecule has 6 nitrogen and oxygen atoms in total. The lowest BCUT2D eigenvalue weighted by Gasteiger charge is -2.20. The van der Waals surface area contributed by atoms with E-state index in [2.05, 4.69) is 31.9 Å². The van der Waals surface area contributed by atoms with Crippen molar-refractivity contribution in [3.8, 4) is 0 Å². The summed E-state index contributed by atoms with van der Waals surface area (Å²) in [5, 5.41) is 13.0. The van der Waals surface area contributed by atoms with Gasteiger partial charge in [-0.25, -0.2) is 4.98 Å². The van der Waals surface area contributed by atoms with Crippen LogP contribution in [0.2, 0.25) is 0 Å². The molecule has 0 saturated carbocycles. The zero-order valence-corrected chi connectivity index (χ0v) is 12.2. The molecule has 1 amide bonds. The van der Waals surface area contributed by atoms with E-state index in [4.69, 9.17) is 0 Å². The van der Waals surface area contributed by atoms with Crippen LogP contribution in [0.15, 0.2) is 18.2 Å². The molecule has 0 bridgehead atoms. The number of anilines is 1. The van der Waals surface area contributed by atoms with Crippen molar-refractivity contribution in [2.24, 2.45) is 0 Å². The van der Waals surface area contributed by atoms with Crippen molar-refractivity contribution in [1.82, 2.24) is 20.5 Å². The molecule has 1 aliphatic rings. The molecule has 1 aliphatic heterocycles. The van der Waals surface area contributed by atoms with Gasteiger partial charge in [-0.1, -0.05) is 26.0 Å². The minimum atomic E-state index is -0.280. The monoisotopic (exact) mass is 285 g/mol. The smallest absolute Gasteiger partial charge is 0.295 e. The Kier molecular flexibility index (Phi) is 3.70. The Labute approximate surface area is 123 Å². The average Bonchev–Trinajstić information content (AvgIpc) is 2.98. The highest BCUT2D eigenvalue weighted by Crippen LogP contribution is 2.23. The van der Waals surface area contributed by atoms with Gasteiger partial charge in [0, 0.05) is 18.2 Å². The molecule has 2 aromatic rings. The van der Waals surface area contributed by atoms with Crippen molar-refractivity contribution in [2.45, 2.75) is 32.7 Å². The predicted octanol–water partition coefficient (Wildman–Crippen LogP) is 1.83. The van der Waals surface area contributed by atoms with E-state index < -0.39 is 0 Å². The number of benzene rings is 1. The summed E-state index contributed by atoms with van der Waals surface area (Å²) in [6.07, 6.45) is 0.983. The van der Waals surface area contributed by atoms with Gasteiger partial charge in [-0.3, -0.25) is 9.89 Å². The van der Waals surface area contributed by atoms with Crippen LogP contribution in [0.1, 0.15) is 47.3 Å². The fraction of sp³-hybridized carbons (Fsp3) is 0.400. The van der Waals surface area contributed by atoms with Gasteiger partial charge in [-0.05, 0) is 30.2 Å². The highest BCUT2D eigenvalue weighted by molar-refractivity contribution is 6.02. The zero-order valence-electron chi connectivity index (χ0n) is 12.2. The molecular formula is C15H19N5O. The highest BCUT2D eigenvalue weighted by atomic mass is 16.2. The third-order valence-corrected chi connectivity index (χ3v) is 3.65. The topological polar surface area (TPSA) is 82.7 Å². The number of fused-ring (bicyclic) bond motifs is 1. The molecule has 0 atom stereocenters. The Bertz CT molecular complexity index is 662. The van der Waals surface area contributed by atoms with Crippen LogP contribution >= 0.6 is 0 Å². The van der Waals surface area contributed by atoms with E-state index in [0.717, 1.165) is 36.6 Å². The molecule has 110 valence electrons. The Morgan fingerprint density at radius 1 is 1.38 bits per heavy atom. The van der Waals surface area contributed by atoms with E-state index in [1.807, 2.05) is 26.0 Å². The number of aromatic amines is 1. The number of hydrogen-bond acceptors (Lipinski definition) is 4. The van der Waals surface area contributed by atoms with E-state index in [-0.39, 0.29) is 17.6 Å². The normalized spacial score (nSPS) is 14.0. The number of rotatable bonds is 3. The van der Waals surface area contributed by atoms with Gasteiger partial charge in [0.25, 0.3) is 5.91 Å². The highest BCUT2D eigenvalue weighted by Gasteiger charge is 2.18. The SMILES string of the molecule is CC(C)c1nc(C(=O)Nc2cccc3c2CNCC3)n[nH]1. The van der Waals surface area contributed by atoms with Gasteiger partial charge in [-0.2, -0.15) is 0 Å². The molecule has 1 aromatic heterocycles. The maximum Gasteiger partial charge on any atom is 0.295 e. The molecule has 0 spiro atoms. The van der Waals surface area contributed by atoms with Gasteiger partial charge < -0.3 is 10.6 Å². The second-order valence-electron chi connectivity index (χ2n) is 5.52. The van der Waals surface area contributed by atoms with Gasteiger partial charge >= 0.3 is 0 Å². The van der Waals surface area contributed by atoms with E-state index >= 15 is 0 Å². The molecule has 2 heterocycles. The lowest BCUT2D eigenvalue weighted by Crippen LogP contribution is -2.25. The van der Waals surface area contributed by atoms with Gasteiger partial charge in [-0.15, -0.1) is 5.10 Å². The summed E-state index contributed by atoms with van der Waals surface area (Å²) in [5.41, 5.74) is 3.27. The number of aromatic nitrogens is 3. The van der Waals surface area contributed by atoms with Crippen LogP contribution in [-0.4, -0.2) is 27.6 Å². The van der Waals surface area contributed by atoms with Crippen LogP contribution in [0.5, 0.6) is 0 Å². The number of nitrogens with zero attached hydrogens (tertiary/aromatic N) is 2. The molecule has 3 N–H and O–H groups in total. The third-order valence-electron chi connectivity index (χ3n) is 3.65. The number of hydrogen-bond donors (Lipinski definition) is 3. The van der Waals surface area contributed by atoms with E-state index in [0.29, 0.717) is 0 Å². The zero-order chi connectivity index (χ0) is 14.8. The van der Waals surface area contributed by atoms with Crippen molar-refractivity contribution >= 4 is 11.6 Å². The predicted molar refractivity (Wildman–Crippen MR) is 80.3 cm³/mol. The first kappa shape index (κ1) is 13.8. The molecule has 6 heteroatoms. The van der Waals surface area contributed by atoms with Crippen LogP contribution in [0.25, 0.3) is 0 Å². The minimum absolute atomic E-state index is 0.181. The van der Waals surface area contributed by atoms with E-state index in [1.165, 1.54) is 5.56 Å². The standard InChI is InChI=1S/C15H19N5O/c1-9(2)13-18-14(20-19-13)15(21)17-12-5-3-4-10-6-7-16-8-11(10)12/h3-5,9,16H,6-8H2,1-2H3,(H,17,21)(H,18,19,20). The molecule has 21 heavy (non-hydrogen) atoms. The van der Waals surface area contributed by atoms with E-state index in [9.17, 15) is 4.79 Å². The fourth-order valence-corrected chi connectivity index (χ4v) is 2.44. The summed E-state index contributed by atoms with van der Waals surface area (Å²) in [4.78, 5) is 16.5. The summed E-state index contributed by atoms with van der Waals surface area (Å²) >= 11 is 0. The second kappa shape index (κ2) is 5.65. The maximum atomic E-state index is 12.3. The van der Waals surface area contributed by atoms with Crippen molar-refractivity contribution in [2.75, 3.05) is 11.9 Å². The summed E-state index contributed by atoms with van der Waals surface area (Å²) in [7, 11) is 0. The Morgan fingerprint density at radius 2 is 2.24 bits per heavy atom. The number of H-pyrrole nitrogens is 1. The third kappa shape index (κ3) is 2.80. The Morgan fingerprint density at radius 3 is 3.00 bits per heavy atom. The number of carbonyl (C=O) groups is 1. The van der Waals surface area contributed by atoms with E-state index in [1.54, 1.807) is 0 Å². The van der Waals surface area contributed by atoms with Crippen LogP contribution < -0.4 is 10.6 Å². The van der Waals surface area contributed by atoms with Gasteiger partial charge in [0.05, 0.1) is 0 Å². The van der Waals surface area contributed by atoms with Crippen molar-refractivity contribution in [3.05, 3.63) is 41.0 Å². The fourth-order valence-electron chi connectivity index (χ4n) is 2.44. The van der Waals surface area contributed by atoms with Gasteiger partial charge in [0.2, 0.25) is 5.82 Å². The van der Waals surface area contributed by atoms with Crippen LogP contribution in [-0.2, 0) is 13.0 Å². The molecular weight excluding hydrogens is 266 g/mol. The molecule has 3 rings (SSSR count). The van der Waals surface area contributed by atoms with Crippen LogP contribution in [0.3, 0.4) is 0 Å². The first-order valence-electron chi connectivity index (χ1n) is 7.20. The lowest BCUT2D eigenvalue weighted by molar-refractivity contribution is 0.101. The Balaban J connectivity index is 1.81. The molecule has 1 aromatic carbocycles. The largest absolute Gasteiger partial charge is 0.319 e. The second-order valence-corrected chi connectivity index (χ2v) is 5.52. The van der Waals surface area contributed by atoms with Crippen molar-refractivity contribution in [3.63, 3.8) is 0 Å². The number of nitrogens with one attached hydrogen (secondary N) is 3. The minimum Gasteiger partial charge on any atom is -0.319 e. The molecule has 0 fully saturated rings. The molecule has 0 radical (unpaired) electrons. The average molecular weight is 285 g/mol. The maximum absolute atomic E-state index is 12.3. The van der Waals surface area contributed by atoms with Crippen molar-refractivity contribution < 1.29 is 4.79 Å². The number of carbonyl (C=O) groups excluding carboxylic acids is 1. The Hall–Kier alpha value is -2.21. The summed E-state index contributed by atoms with van der Waals surface area (Å²) < 4.78 is 0. The quantitative estimate of drug-likeness (QED) is 0.803. The van der Waals surface area contributed by atoms with Crippen molar-refractivity contribution in [1.29, 1.82) is 0 Å². The summed E-state index contributed by atoms with van der Waals surface area (Å²) in [6, 6.07) is 5.99. The summed E-state index contributed by atoms with van der Waals surface area (Å²) in [5.74, 6) is 0.835. The lowest BCUT2D eigenvalue weighted by atomic mass is 9.99. The molecule has 0 aliphatic carbocycles.